The van der Waals surface area contributed by atoms with Gasteiger partial charge in [0.05, 0.1) is 11.4 Å². The molecule has 4 nitrogen and oxygen atoms in total. The number of carbonyl (C=O) groups excluding carboxylic acids is 1. The van der Waals surface area contributed by atoms with Crippen LogP contribution in [0.5, 0.6) is 0 Å². The fraction of sp³-hybridized carbons (Fsp3) is 0.231. The number of nitrogens with zero attached hydrogens (tertiary/aromatic N) is 1. The topological polar surface area (TPSA) is 57.6 Å². The number of hydrogen-bond acceptors (Lipinski definition) is 2. The number of carboxylic acid groups (broad SMARTS) is 1. The van der Waals surface area contributed by atoms with Gasteiger partial charge in [-0.05, 0) is 18.2 Å². The van der Waals surface area contributed by atoms with Crippen LogP contribution < -0.4 is 0 Å². The minimum atomic E-state index is -0.985. The first-order chi connectivity index (χ1) is 8.91. The van der Waals surface area contributed by atoms with Crippen LogP contribution >= 0.6 is 11.6 Å². The zero-order valence-corrected chi connectivity index (χ0v) is 11.0. The van der Waals surface area contributed by atoms with Crippen LogP contribution in [0.1, 0.15) is 12.0 Å². The average Bonchev–Trinajstić information content (AvgIpc) is 2.35. The van der Waals surface area contributed by atoms with Gasteiger partial charge < -0.3 is 10.0 Å². The van der Waals surface area contributed by atoms with Crippen LogP contribution in [0.3, 0.4) is 0 Å². The van der Waals surface area contributed by atoms with Crippen LogP contribution in [0, 0.1) is 5.82 Å². The highest BCUT2D eigenvalue weighted by Gasteiger charge is 2.08. The molecule has 1 aromatic carbocycles. The summed E-state index contributed by atoms with van der Waals surface area (Å²) >= 11 is 5.80. The molecule has 0 saturated carbocycles. The smallest absolute Gasteiger partial charge is 0.305 e. The van der Waals surface area contributed by atoms with E-state index in [1.165, 1.54) is 36.2 Å². The Bertz CT molecular complexity index is 496. The highest BCUT2D eigenvalue weighted by Crippen LogP contribution is 2.20. The van der Waals surface area contributed by atoms with E-state index in [9.17, 15) is 14.0 Å². The standard InChI is InChI=1S/C13H13ClFNO3/c1-16(8-7-13(18)19)12(17)6-5-9-10(14)3-2-4-11(9)15/h2-6H,7-8H2,1H3,(H,18,19). The predicted octanol–water partition coefficient (Wildman–Crippen LogP) is 2.43. The van der Waals surface area contributed by atoms with Crippen LogP contribution in [0.2, 0.25) is 5.02 Å². The second kappa shape index (κ2) is 6.89. The largest absolute Gasteiger partial charge is 0.481 e. The first-order valence-corrected chi connectivity index (χ1v) is 5.88. The summed E-state index contributed by atoms with van der Waals surface area (Å²) in [6, 6.07) is 4.23. The van der Waals surface area contributed by atoms with E-state index < -0.39 is 17.7 Å². The van der Waals surface area contributed by atoms with Crippen molar-refractivity contribution in [3.63, 3.8) is 0 Å². The fourth-order valence-electron chi connectivity index (χ4n) is 1.33. The van der Waals surface area contributed by atoms with Gasteiger partial charge in [-0.2, -0.15) is 0 Å². The van der Waals surface area contributed by atoms with Gasteiger partial charge in [0.25, 0.3) is 0 Å². The predicted molar refractivity (Wildman–Crippen MR) is 70.3 cm³/mol. The first kappa shape index (κ1) is 15.2. The molecular formula is C13H13ClFNO3. The van der Waals surface area contributed by atoms with Crippen molar-refractivity contribution in [1.82, 2.24) is 4.90 Å². The van der Waals surface area contributed by atoms with Crippen LogP contribution in [0.4, 0.5) is 4.39 Å². The van der Waals surface area contributed by atoms with Gasteiger partial charge in [0.1, 0.15) is 5.82 Å². The normalized spacial score (nSPS) is 10.7. The number of rotatable bonds is 5. The molecule has 0 fully saturated rings. The summed E-state index contributed by atoms with van der Waals surface area (Å²) in [6.07, 6.45) is 2.29. The molecule has 0 heterocycles. The van der Waals surface area contributed by atoms with E-state index in [1.54, 1.807) is 0 Å². The zero-order valence-electron chi connectivity index (χ0n) is 10.3. The van der Waals surface area contributed by atoms with Gasteiger partial charge in [-0.1, -0.05) is 17.7 Å². The summed E-state index contributed by atoms with van der Waals surface area (Å²) in [5, 5.41) is 8.71. The third-order valence-electron chi connectivity index (χ3n) is 2.43. The number of halogens is 2. The van der Waals surface area contributed by atoms with E-state index in [1.807, 2.05) is 0 Å². The van der Waals surface area contributed by atoms with E-state index in [0.717, 1.165) is 6.08 Å². The molecule has 0 unspecified atom stereocenters. The van der Waals surface area contributed by atoms with Crippen LogP contribution in [0.25, 0.3) is 6.08 Å². The molecule has 1 amide bonds. The van der Waals surface area contributed by atoms with E-state index in [2.05, 4.69) is 0 Å². The molecule has 0 aliphatic carbocycles. The number of benzene rings is 1. The van der Waals surface area contributed by atoms with Crippen molar-refractivity contribution in [2.24, 2.45) is 0 Å². The van der Waals surface area contributed by atoms with Crippen LogP contribution in [-0.4, -0.2) is 35.5 Å². The summed E-state index contributed by atoms with van der Waals surface area (Å²) in [6.45, 7) is 0.0868. The molecular weight excluding hydrogens is 273 g/mol. The first-order valence-electron chi connectivity index (χ1n) is 5.51. The van der Waals surface area contributed by atoms with Crippen LogP contribution in [-0.2, 0) is 9.59 Å². The highest BCUT2D eigenvalue weighted by molar-refractivity contribution is 6.32. The van der Waals surface area contributed by atoms with Crippen molar-refractivity contribution in [3.8, 4) is 0 Å². The molecule has 0 radical (unpaired) electrons. The SMILES string of the molecule is CN(CCC(=O)O)C(=O)C=Cc1c(F)cccc1Cl. The summed E-state index contributed by atoms with van der Waals surface area (Å²) in [5.41, 5.74) is 0.129. The minimum absolute atomic E-state index is 0.0868. The fourth-order valence-corrected chi connectivity index (χ4v) is 1.55. The summed E-state index contributed by atoms with van der Waals surface area (Å²) < 4.78 is 13.4. The van der Waals surface area contributed by atoms with Crippen molar-refractivity contribution in [2.45, 2.75) is 6.42 Å². The number of amides is 1. The van der Waals surface area contributed by atoms with Gasteiger partial charge in [0.2, 0.25) is 5.91 Å². The summed E-state index contributed by atoms with van der Waals surface area (Å²) in [7, 11) is 1.47. The van der Waals surface area contributed by atoms with Gasteiger partial charge in [-0.3, -0.25) is 9.59 Å². The average molecular weight is 286 g/mol. The second-order valence-corrected chi connectivity index (χ2v) is 4.28. The Morgan fingerprint density at radius 1 is 1.47 bits per heavy atom. The van der Waals surface area contributed by atoms with Gasteiger partial charge >= 0.3 is 5.97 Å². The Morgan fingerprint density at radius 3 is 2.74 bits per heavy atom. The molecule has 6 heteroatoms. The lowest BCUT2D eigenvalue weighted by molar-refractivity contribution is -0.137. The maximum Gasteiger partial charge on any atom is 0.305 e. The molecule has 0 aliphatic heterocycles. The van der Waals surface area contributed by atoms with Gasteiger partial charge in [0.15, 0.2) is 0 Å². The number of likely N-dealkylation sites (N-methyl/N-ethyl adjacent to an activating group) is 1. The monoisotopic (exact) mass is 285 g/mol. The minimum Gasteiger partial charge on any atom is -0.481 e. The molecule has 0 spiro atoms. The zero-order chi connectivity index (χ0) is 14.4. The lowest BCUT2D eigenvalue weighted by Crippen LogP contribution is -2.27. The second-order valence-electron chi connectivity index (χ2n) is 3.87. The Kier molecular flexibility index (Phi) is 5.51. The Labute approximate surface area is 115 Å². The van der Waals surface area contributed by atoms with Crippen molar-refractivity contribution in [1.29, 1.82) is 0 Å². The van der Waals surface area contributed by atoms with E-state index in [-0.39, 0.29) is 23.6 Å². The molecule has 0 saturated heterocycles. The number of carbonyl (C=O) groups is 2. The summed E-state index contributed by atoms with van der Waals surface area (Å²) in [5.74, 6) is -1.92. The number of carboxylic acids is 1. The Morgan fingerprint density at radius 2 is 2.16 bits per heavy atom. The molecule has 0 atom stereocenters. The molecule has 0 bridgehead atoms. The third kappa shape index (κ3) is 4.71. The number of aliphatic carboxylic acids is 1. The Hall–Kier alpha value is -1.88. The van der Waals surface area contributed by atoms with Crippen molar-refractivity contribution in [3.05, 3.63) is 40.7 Å². The van der Waals surface area contributed by atoms with Crippen LogP contribution in [0.15, 0.2) is 24.3 Å². The van der Waals surface area contributed by atoms with Gasteiger partial charge in [0, 0.05) is 25.2 Å². The van der Waals surface area contributed by atoms with Crippen molar-refractivity contribution >= 4 is 29.6 Å². The van der Waals surface area contributed by atoms with Gasteiger partial charge in [-0.25, -0.2) is 4.39 Å². The molecule has 0 aromatic heterocycles. The quantitative estimate of drug-likeness (QED) is 0.845. The van der Waals surface area contributed by atoms with Crippen molar-refractivity contribution < 1.29 is 19.1 Å². The van der Waals surface area contributed by atoms with Gasteiger partial charge in [-0.15, -0.1) is 0 Å². The highest BCUT2D eigenvalue weighted by atomic mass is 35.5. The summed E-state index contributed by atoms with van der Waals surface area (Å²) in [4.78, 5) is 23.2. The molecule has 0 aliphatic rings. The van der Waals surface area contributed by atoms with E-state index in [4.69, 9.17) is 16.7 Å². The van der Waals surface area contributed by atoms with E-state index >= 15 is 0 Å². The lowest BCUT2D eigenvalue weighted by atomic mass is 10.2. The molecule has 102 valence electrons. The van der Waals surface area contributed by atoms with Crippen molar-refractivity contribution in [2.75, 3.05) is 13.6 Å². The Balaban J connectivity index is 2.70. The third-order valence-corrected chi connectivity index (χ3v) is 2.76. The number of hydrogen-bond donors (Lipinski definition) is 1. The molecule has 1 aromatic rings. The lowest BCUT2D eigenvalue weighted by Gasteiger charge is -2.13. The van der Waals surface area contributed by atoms with E-state index in [0.29, 0.717) is 0 Å². The molecule has 1 N–H and O–H groups in total. The molecule has 19 heavy (non-hydrogen) atoms. The maximum atomic E-state index is 13.4. The molecule has 1 rings (SSSR count). The maximum absolute atomic E-state index is 13.4.